The highest BCUT2D eigenvalue weighted by Gasteiger charge is 2.31. The molecule has 0 saturated carbocycles. The lowest BCUT2D eigenvalue weighted by molar-refractivity contribution is -0.384. The minimum Gasteiger partial charge on any atom is -0.406 e. The number of thioether (sulfide) groups is 1. The Morgan fingerprint density at radius 1 is 1.10 bits per heavy atom. The van der Waals surface area contributed by atoms with Gasteiger partial charge in [-0.15, -0.1) is 13.2 Å². The zero-order valence-electron chi connectivity index (χ0n) is 19.6. The van der Waals surface area contributed by atoms with E-state index in [-0.39, 0.29) is 33.5 Å². The number of halogens is 3. The van der Waals surface area contributed by atoms with Crippen LogP contribution in [-0.2, 0) is 4.79 Å². The molecule has 0 aliphatic heterocycles. The van der Waals surface area contributed by atoms with E-state index in [1.807, 2.05) is 0 Å². The highest BCUT2D eigenvalue weighted by molar-refractivity contribution is 7.99. The maximum Gasteiger partial charge on any atom is 0.573 e. The summed E-state index contributed by atoms with van der Waals surface area (Å²) >= 11 is 0.916. The molecule has 39 heavy (non-hydrogen) atoms. The maximum atomic E-state index is 13.6. The van der Waals surface area contributed by atoms with E-state index in [1.165, 1.54) is 41.0 Å². The number of nitro benzene ring substituents is 1. The Labute approximate surface area is 220 Å². The Morgan fingerprint density at radius 2 is 1.85 bits per heavy atom. The number of hydrogen-bond donors (Lipinski definition) is 2. The number of aromatic nitrogens is 3. The van der Waals surface area contributed by atoms with Crippen molar-refractivity contribution in [2.24, 2.45) is 0 Å². The third-order valence-electron chi connectivity index (χ3n) is 5.50. The van der Waals surface area contributed by atoms with Crippen molar-refractivity contribution in [2.75, 3.05) is 11.1 Å². The molecule has 0 atom stereocenters. The van der Waals surface area contributed by atoms with Gasteiger partial charge in [-0.05, 0) is 36.4 Å². The normalized spacial score (nSPS) is 11.6. The fourth-order valence-corrected chi connectivity index (χ4v) is 4.69. The molecule has 0 spiro atoms. The predicted octanol–water partition coefficient (Wildman–Crippen LogP) is 5.40. The van der Waals surface area contributed by atoms with Crippen molar-refractivity contribution in [3.05, 3.63) is 93.3 Å². The molecule has 0 unspecified atom stereocenters. The van der Waals surface area contributed by atoms with Crippen molar-refractivity contribution in [1.82, 2.24) is 14.5 Å². The quantitative estimate of drug-likeness (QED) is 0.119. The Balaban J connectivity index is 1.51. The Kier molecular flexibility index (Phi) is 6.70. The molecule has 0 fully saturated rings. The average molecular weight is 555 g/mol. The summed E-state index contributed by atoms with van der Waals surface area (Å²) in [4.78, 5) is 44.3. The van der Waals surface area contributed by atoms with Crippen molar-refractivity contribution in [3.63, 3.8) is 0 Å². The number of ether oxygens (including phenoxy) is 1. The topological polar surface area (TPSA) is 132 Å². The van der Waals surface area contributed by atoms with Gasteiger partial charge < -0.3 is 15.0 Å². The van der Waals surface area contributed by atoms with Gasteiger partial charge in [0.2, 0.25) is 5.91 Å². The monoisotopic (exact) mass is 555 g/mol. The standard InChI is InChI=1S/C25H16F3N5O5S/c26-25(27,28)38-17-10-8-15(9-11-17)32-23(35)22-21(18-6-1-2-7-19(18)30-22)31-24(32)39-13-20(34)29-14-4-3-5-16(12-14)33(36)37/h1-12,30H,13H2,(H,29,34). The van der Waals surface area contributed by atoms with Crippen LogP contribution < -0.4 is 15.6 Å². The van der Waals surface area contributed by atoms with Crippen LogP contribution in [0.2, 0.25) is 0 Å². The first-order chi connectivity index (χ1) is 18.6. The number of H-pyrrole nitrogens is 1. The van der Waals surface area contributed by atoms with Gasteiger partial charge in [-0.1, -0.05) is 36.0 Å². The second-order valence-electron chi connectivity index (χ2n) is 8.12. The lowest BCUT2D eigenvalue weighted by Crippen LogP contribution is -2.23. The van der Waals surface area contributed by atoms with Crippen molar-refractivity contribution in [3.8, 4) is 11.4 Å². The van der Waals surface area contributed by atoms with Crippen molar-refractivity contribution in [2.45, 2.75) is 11.5 Å². The van der Waals surface area contributed by atoms with Crippen molar-refractivity contribution < 1.29 is 27.6 Å². The SMILES string of the molecule is O=C(CSc1nc2c([nH]c3ccccc32)c(=O)n1-c1ccc(OC(F)(F)F)cc1)Nc1cccc([N+](=O)[O-])c1. The number of alkyl halides is 3. The number of carbonyl (C=O) groups excluding carboxylic acids is 1. The summed E-state index contributed by atoms with van der Waals surface area (Å²) in [6, 6.07) is 17.2. The van der Waals surface area contributed by atoms with Crippen LogP contribution in [0.25, 0.3) is 27.6 Å². The molecule has 3 aromatic carbocycles. The van der Waals surface area contributed by atoms with E-state index < -0.39 is 28.5 Å². The zero-order valence-corrected chi connectivity index (χ0v) is 20.4. The highest BCUT2D eigenvalue weighted by atomic mass is 32.2. The molecule has 0 radical (unpaired) electrons. The Morgan fingerprint density at radius 3 is 2.56 bits per heavy atom. The van der Waals surface area contributed by atoms with E-state index >= 15 is 0 Å². The van der Waals surface area contributed by atoms with Crippen LogP contribution in [-0.4, -0.2) is 37.5 Å². The second-order valence-corrected chi connectivity index (χ2v) is 9.06. The lowest BCUT2D eigenvalue weighted by atomic mass is 10.2. The molecule has 5 rings (SSSR count). The smallest absolute Gasteiger partial charge is 0.406 e. The third-order valence-corrected chi connectivity index (χ3v) is 6.43. The van der Waals surface area contributed by atoms with Gasteiger partial charge in [0, 0.05) is 28.7 Å². The molecule has 2 N–H and O–H groups in total. The maximum absolute atomic E-state index is 13.6. The molecule has 10 nitrogen and oxygen atoms in total. The summed E-state index contributed by atoms with van der Waals surface area (Å²) < 4.78 is 42.9. The Bertz CT molecular complexity index is 1780. The van der Waals surface area contributed by atoms with E-state index in [2.05, 4.69) is 20.0 Å². The van der Waals surface area contributed by atoms with Gasteiger partial charge in [-0.2, -0.15) is 0 Å². The number of rotatable bonds is 7. The number of carbonyl (C=O) groups is 1. The van der Waals surface area contributed by atoms with Crippen molar-refractivity contribution >= 4 is 51.0 Å². The minimum atomic E-state index is -4.88. The van der Waals surface area contributed by atoms with Crippen LogP contribution in [0.5, 0.6) is 5.75 Å². The molecule has 2 aromatic heterocycles. The first-order valence-electron chi connectivity index (χ1n) is 11.2. The van der Waals surface area contributed by atoms with E-state index in [9.17, 15) is 32.9 Å². The molecule has 0 bridgehead atoms. The summed E-state index contributed by atoms with van der Waals surface area (Å²) in [5, 5.41) is 14.3. The highest BCUT2D eigenvalue weighted by Crippen LogP contribution is 2.28. The molecular weight excluding hydrogens is 539 g/mol. The number of benzene rings is 3. The zero-order chi connectivity index (χ0) is 27.7. The van der Waals surface area contributed by atoms with Gasteiger partial charge in [-0.3, -0.25) is 24.3 Å². The van der Waals surface area contributed by atoms with Crippen LogP contribution in [0.1, 0.15) is 0 Å². The molecule has 0 saturated heterocycles. The Hall–Kier alpha value is -4.85. The number of anilines is 1. The first kappa shape index (κ1) is 25.8. The number of nitrogens with one attached hydrogen (secondary N) is 2. The number of non-ortho nitro benzene ring substituents is 1. The predicted molar refractivity (Wildman–Crippen MR) is 138 cm³/mol. The largest absolute Gasteiger partial charge is 0.573 e. The van der Waals surface area contributed by atoms with E-state index in [1.54, 1.807) is 24.3 Å². The summed E-state index contributed by atoms with van der Waals surface area (Å²) in [5.74, 6) is -1.21. The van der Waals surface area contributed by atoms with E-state index in [4.69, 9.17) is 0 Å². The third kappa shape index (κ3) is 5.55. The molecule has 2 heterocycles. The molecule has 1 amide bonds. The second kappa shape index (κ2) is 10.1. The number of amides is 1. The number of para-hydroxylation sites is 1. The lowest BCUT2D eigenvalue weighted by Gasteiger charge is -2.13. The molecule has 0 aliphatic carbocycles. The summed E-state index contributed by atoms with van der Waals surface area (Å²) in [7, 11) is 0. The number of nitrogens with zero attached hydrogens (tertiary/aromatic N) is 3. The molecule has 0 aliphatic rings. The van der Waals surface area contributed by atoms with Gasteiger partial charge in [0.05, 0.1) is 16.4 Å². The van der Waals surface area contributed by atoms with Gasteiger partial charge in [-0.25, -0.2) is 4.98 Å². The van der Waals surface area contributed by atoms with Gasteiger partial charge in [0.1, 0.15) is 16.8 Å². The minimum absolute atomic E-state index is 0.107. The molecule has 198 valence electrons. The van der Waals surface area contributed by atoms with Crippen LogP contribution in [0, 0.1) is 10.1 Å². The first-order valence-corrected chi connectivity index (χ1v) is 12.1. The van der Waals surface area contributed by atoms with Crippen LogP contribution in [0.4, 0.5) is 24.5 Å². The molecule has 14 heteroatoms. The number of hydrogen-bond acceptors (Lipinski definition) is 7. The van der Waals surface area contributed by atoms with Crippen LogP contribution >= 0.6 is 11.8 Å². The van der Waals surface area contributed by atoms with Gasteiger partial charge >= 0.3 is 6.36 Å². The number of fused-ring (bicyclic) bond motifs is 3. The van der Waals surface area contributed by atoms with Crippen LogP contribution in [0.15, 0.2) is 82.7 Å². The fourth-order valence-electron chi connectivity index (χ4n) is 3.89. The average Bonchev–Trinajstić information content (AvgIpc) is 3.26. The van der Waals surface area contributed by atoms with E-state index in [0.717, 1.165) is 23.9 Å². The van der Waals surface area contributed by atoms with Crippen molar-refractivity contribution in [1.29, 1.82) is 0 Å². The van der Waals surface area contributed by atoms with Gasteiger partial charge in [0.15, 0.2) is 5.16 Å². The fraction of sp³-hybridized carbons (Fsp3) is 0.0800. The summed E-state index contributed by atoms with van der Waals surface area (Å²) in [5.41, 5.74) is 0.892. The van der Waals surface area contributed by atoms with E-state index in [0.29, 0.717) is 16.4 Å². The van der Waals surface area contributed by atoms with Crippen LogP contribution in [0.3, 0.4) is 0 Å². The molecular formula is C25H16F3N5O5S. The number of nitro groups is 1. The molecule has 5 aromatic rings. The summed E-state index contributed by atoms with van der Waals surface area (Å²) in [6.45, 7) is 0. The van der Waals surface area contributed by atoms with Gasteiger partial charge in [0.25, 0.3) is 11.2 Å². The number of aromatic amines is 1. The summed E-state index contributed by atoms with van der Waals surface area (Å²) in [6.07, 6.45) is -4.88.